The lowest BCUT2D eigenvalue weighted by atomic mass is 10.2. The maximum Gasteiger partial charge on any atom is 0.303 e. The van der Waals surface area contributed by atoms with Crippen molar-refractivity contribution in [3.63, 3.8) is 0 Å². The fourth-order valence-corrected chi connectivity index (χ4v) is 1.10. The van der Waals surface area contributed by atoms with Gasteiger partial charge in [0.2, 0.25) is 0 Å². The van der Waals surface area contributed by atoms with Crippen LogP contribution in [0.1, 0.15) is 51.4 Å². The second-order valence-corrected chi connectivity index (χ2v) is 3.99. The minimum absolute atomic E-state index is 0. The number of carboxylic acid groups (broad SMARTS) is 4. The molecule has 0 spiro atoms. The van der Waals surface area contributed by atoms with Crippen molar-refractivity contribution >= 4 is 32.3 Å². The highest BCUT2D eigenvalue weighted by molar-refractivity contribution is 5.75. The SMILES string of the molecule is B.O=C(O)CCCCC(=O)O.O=C(O)CCCCC(=O)O. The van der Waals surface area contributed by atoms with Crippen LogP contribution in [0.2, 0.25) is 0 Å². The number of carbonyl (C=O) groups is 4. The molecule has 9 heteroatoms. The second kappa shape index (κ2) is 16.0. The van der Waals surface area contributed by atoms with Crippen LogP contribution in [-0.4, -0.2) is 52.7 Å². The number of carboxylic acids is 4. The number of hydrogen-bond donors (Lipinski definition) is 4. The Hall–Kier alpha value is -2.06. The third-order valence-electron chi connectivity index (χ3n) is 2.06. The first-order chi connectivity index (χ1) is 9.25. The number of rotatable bonds is 10. The Labute approximate surface area is 124 Å². The average Bonchev–Trinajstić information content (AvgIpc) is 2.30. The molecule has 0 bridgehead atoms. The van der Waals surface area contributed by atoms with Crippen LogP contribution in [0.15, 0.2) is 0 Å². The smallest absolute Gasteiger partial charge is 0.303 e. The lowest BCUT2D eigenvalue weighted by Gasteiger charge is -1.92. The van der Waals surface area contributed by atoms with Crippen LogP contribution in [0.25, 0.3) is 0 Å². The zero-order valence-electron chi connectivity index (χ0n) is 11.1. The van der Waals surface area contributed by atoms with Gasteiger partial charge < -0.3 is 20.4 Å². The molecule has 0 fully saturated rings. The van der Waals surface area contributed by atoms with E-state index in [2.05, 4.69) is 0 Å². The lowest BCUT2D eigenvalue weighted by Crippen LogP contribution is -1.97. The molecule has 0 saturated heterocycles. The van der Waals surface area contributed by atoms with Crippen LogP contribution in [0, 0.1) is 0 Å². The summed E-state index contributed by atoms with van der Waals surface area (Å²) >= 11 is 0. The zero-order valence-corrected chi connectivity index (χ0v) is 11.1. The molecule has 0 aliphatic heterocycles. The molecule has 0 aromatic heterocycles. The lowest BCUT2D eigenvalue weighted by molar-refractivity contribution is -0.139. The minimum Gasteiger partial charge on any atom is -0.481 e. The molecule has 21 heavy (non-hydrogen) atoms. The fourth-order valence-electron chi connectivity index (χ4n) is 1.10. The summed E-state index contributed by atoms with van der Waals surface area (Å²) in [5.41, 5.74) is 0. The Morgan fingerprint density at radius 2 is 0.619 bits per heavy atom. The van der Waals surface area contributed by atoms with Gasteiger partial charge in [-0.1, -0.05) is 0 Å². The minimum atomic E-state index is -0.870. The molecule has 0 heterocycles. The van der Waals surface area contributed by atoms with E-state index in [9.17, 15) is 19.2 Å². The van der Waals surface area contributed by atoms with E-state index >= 15 is 0 Å². The zero-order chi connectivity index (χ0) is 16.0. The van der Waals surface area contributed by atoms with E-state index in [-0.39, 0.29) is 34.1 Å². The predicted molar refractivity (Wildman–Crippen MR) is 77.4 cm³/mol. The van der Waals surface area contributed by atoms with E-state index < -0.39 is 23.9 Å². The maximum atomic E-state index is 9.90. The van der Waals surface area contributed by atoms with Crippen molar-refractivity contribution in [2.75, 3.05) is 0 Å². The molecule has 0 aliphatic carbocycles. The summed E-state index contributed by atoms with van der Waals surface area (Å²) in [6, 6.07) is 0. The van der Waals surface area contributed by atoms with Crippen molar-refractivity contribution in [2.24, 2.45) is 0 Å². The van der Waals surface area contributed by atoms with Gasteiger partial charge in [0, 0.05) is 25.7 Å². The molecular formula is C12H23BO8. The average molecular weight is 306 g/mol. The van der Waals surface area contributed by atoms with Gasteiger partial charge in [-0.25, -0.2) is 0 Å². The third kappa shape index (κ3) is 32.0. The van der Waals surface area contributed by atoms with Gasteiger partial charge in [-0.15, -0.1) is 0 Å². The largest absolute Gasteiger partial charge is 0.481 e. The van der Waals surface area contributed by atoms with Crippen LogP contribution in [0.5, 0.6) is 0 Å². The fraction of sp³-hybridized carbons (Fsp3) is 0.667. The van der Waals surface area contributed by atoms with Gasteiger partial charge in [-0.2, -0.15) is 0 Å². The summed E-state index contributed by atoms with van der Waals surface area (Å²) in [6.07, 6.45) is 2.04. The maximum absolute atomic E-state index is 9.90. The molecule has 0 aromatic carbocycles. The summed E-state index contributed by atoms with van der Waals surface area (Å²) in [5, 5.41) is 32.5. The van der Waals surface area contributed by atoms with E-state index in [1.165, 1.54) is 0 Å². The highest BCUT2D eigenvalue weighted by atomic mass is 16.4. The van der Waals surface area contributed by atoms with Gasteiger partial charge in [0.25, 0.3) is 0 Å². The van der Waals surface area contributed by atoms with Gasteiger partial charge in [0.05, 0.1) is 8.41 Å². The van der Waals surface area contributed by atoms with Crippen LogP contribution in [0.3, 0.4) is 0 Å². The highest BCUT2D eigenvalue weighted by Crippen LogP contribution is 1.99. The molecule has 0 radical (unpaired) electrons. The Kier molecular flexibility index (Phi) is 18.3. The van der Waals surface area contributed by atoms with Crippen molar-refractivity contribution in [1.82, 2.24) is 0 Å². The molecule has 0 atom stereocenters. The van der Waals surface area contributed by atoms with Crippen molar-refractivity contribution in [3.05, 3.63) is 0 Å². The topological polar surface area (TPSA) is 149 Å². The first kappa shape index (κ1) is 24.0. The second-order valence-electron chi connectivity index (χ2n) is 3.99. The van der Waals surface area contributed by atoms with Crippen LogP contribution < -0.4 is 0 Å². The molecule has 0 saturated carbocycles. The van der Waals surface area contributed by atoms with Crippen LogP contribution in [-0.2, 0) is 19.2 Å². The van der Waals surface area contributed by atoms with E-state index in [1.54, 1.807) is 0 Å². The molecule has 0 rings (SSSR count). The molecular weight excluding hydrogens is 283 g/mol. The standard InChI is InChI=1S/2C6H10O4.BH3/c2*7-5(8)3-1-2-4-6(9)10;/h2*1-4H2,(H,7,8)(H,9,10);1H3. The van der Waals surface area contributed by atoms with Crippen molar-refractivity contribution < 1.29 is 39.6 Å². The summed E-state index contributed by atoms with van der Waals surface area (Å²) in [6.45, 7) is 0. The molecule has 0 unspecified atom stereocenters. The van der Waals surface area contributed by atoms with E-state index in [1.807, 2.05) is 0 Å². The van der Waals surface area contributed by atoms with Gasteiger partial charge in [0.1, 0.15) is 0 Å². The summed E-state index contributed by atoms with van der Waals surface area (Å²) in [4.78, 5) is 39.6. The quantitative estimate of drug-likeness (QED) is 0.331. The molecule has 122 valence electrons. The van der Waals surface area contributed by atoms with E-state index in [4.69, 9.17) is 20.4 Å². The summed E-state index contributed by atoms with van der Waals surface area (Å²) < 4.78 is 0. The number of aliphatic carboxylic acids is 4. The van der Waals surface area contributed by atoms with Gasteiger partial charge in [0.15, 0.2) is 0 Å². The first-order valence-corrected chi connectivity index (χ1v) is 6.13. The van der Waals surface area contributed by atoms with Crippen molar-refractivity contribution in [2.45, 2.75) is 51.4 Å². The van der Waals surface area contributed by atoms with Crippen molar-refractivity contribution in [1.29, 1.82) is 0 Å². The van der Waals surface area contributed by atoms with Crippen LogP contribution in [0.4, 0.5) is 0 Å². The van der Waals surface area contributed by atoms with E-state index in [0.29, 0.717) is 25.7 Å². The van der Waals surface area contributed by atoms with Crippen LogP contribution >= 0.6 is 0 Å². The third-order valence-corrected chi connectivity index (χ3v) is 2.06. The normalized spacial score (nSPS) is 8.76. The molecule has 4 N–H and O–H groups in total. The molecule has 0 aliphatic rings. The number of unbranched alkanes of at least 4 members (excludes halogenated alkanes) is 2. The molecule has 8 nitrogen and oxygen atoms in total. The summed E-state index contributed by atoms with van der Waals surface area (Å²) in [7, 11) is 0. The Morgan fingerprint density at radius 1 is 0.476 bits per heavy atom. The molecule has 0 amide bonds. The monoisotopic (exact) mass is 306 g/mol. The Bertz CT molecular complexity index is 265. The van der Waals surface area contributed by atoms with Gasteiger partial charge in [-0.3, -0.25) is 19.2 Å². The Morgan fingerprint density at radius 3 is 0.714 bits per heavy atom. The predicted octanol–water partition coefficient (Wildman–Crippen LogP) is 0.248. The number of hydrogen-bond acceptors (Lipinski definition) is 4. The van der Waals surface area contributed by atoms with Crippen molar-refractivity contribution in [3.8, 4) is 0 Å². The first-order valence-electron chi connectivity index (χ1n) is 6.13. The summed E-state index contributed by atoms with van der Waals surface area (Å²) in [5.74, 6) is -3.48. The molecule has 0 aromatic rings. The Balaban J connectivity index is -0.000000295. The van der Waals surface area contributed by atoms with E-state index in [0.717, 1.165) is 0 Å². The van der Waals surface area contributed by atoms with Gasteiger partial charge >= 0.3 is 23.9 Å². The van der Waals surface area contributed by atoms with Gasteiger partial charge in [-0.05, 0) is 25.7 Å². The highest BCUT2D eigenvalue weighted by Gasteiger charge is 1.99.